The lowest BCUT2D eigenvalue weighted by atomic mass is 10.00. The van der Waals surface area contributed by atoms with Crippen molar-refractivity contribution >= 4 is 5.95 Å². The van der Waals surface area contributed by atoms with E-state index in [0.29, 0.717) is 32.0 Å². The number of benzene rings is 1. The number of anilines is 1. The Balaban J connectivity index is 1.51. The summed E-state index contributed by atoms with van der Waals surface area (Å²) in [4.78, 5) is 31.6. The van der Waals surface area contributed by atoms with Crippen LogP contribution in [0, 0.1) is 5.92 Å². The summed E-state index contributed by atoms with van der Waals surface area (Å²) in [5.74, 6) is 0.508. The Kier molecular flexibility index (Phi) is 5.32. The fourth-order valence-electron chi connectivity index (χ4n) is 3.74. The average molecular weight is 386 g/mol. The summed E-state index contributed by atoms with van der Waals surface area (Å²) < 4.78 is 6.48. The molecule has 1 aliphatic carbocycles. The van der Waals surface area contributed by atoms with Gasteiger partial charge in [-0.2, -0.15) is 4.98 Å². The first-order valence-electron chi connectivity index (χ1n) is 9.88. The van der Waals surface area contributed by atoms with Crippen molar-refractivity contribution in [1.29, 1.82) is 0 Å². The van der Waals surface area contributed by atoms with Gasteiger partial charge in [0.15, 0.2) is 0 Å². The zero-order valence-electron chi connectivity index (χ0n) is 15.9. The van der Waals surface area contributed by atoms with Crippen LogP contribution in [-0.4, -0.2) is 32.9 Å². The molecule has 2 heterocycles. The number of aromatic nitrogens is 3. The van der Waals surface area contributed by atoms with E-state index >= 15 is 0 Å². The van der Waals surface area contributed by atoms with Crippen LogP contribution in [0.5, 0.6) is 0 Å². The van der Waals surface area contributed by atoms with E-state index in [-0.39, 0.29) is 18.0 Å². The summed E-state index contributed by atoms with van der Waals surface area (Å²) in [5.41, 5.74) is 0.834. The van der Waals surface area contributed by atoms with Gasteiger partial charge in [0.05, 0.1) is 12.1 Å². The molecule has 150 valence electrons. The first-order valence-corrected chi connectivity index (χ1v) is 9.88. The number of rotatable bonds is 6. The maximum atomic E-state index is 12.5. The van der Waals surface area contributed by atoms with E-state index in [9.17, 15) is 14.7 Å². The normalized spacial score (nSPS) is 19.9. The third kappa shape index (κ3) is 4.02. The lowest BCUT2D eigenvalue weighted by Crippen LogP contribution is -2.42. The maximum absolute atomic E-state index is 12.5. The number of hydrogen-bond acceptors (Lipinski definition) is 6. The van der Waals surface area contributed by atoms with E-state index in [0.717, 1.165) is 24.0 Å². The molecule has 28 heavy (non-hydrogen) atoms. The predicted octanol–water partition coefficient (Wildman–Crippen LogP) is 1.90. The summed E-state index contributed by atoms with van der Waals surface area (Å²) >= 11 is 0. The van der Waals surface area contributed by atoms with Gasteiger partial charge in [-0.3, -0.25) is 4.98 Å². The molecule has 1 unspecified atom stereocenters. The fraction of sp³-hybridized carbons (Fsp3) is 0.550. The number of ether oxygens (including phenoxy) is 1. The standard InChI is InChI=1S/C20H26N4O4/c1-12(14-3-2-4-15(11-14)17(25)13-5-6-13)21-18-22-19(26)24(20(27)23-18)16-7-9-28-10-8-16/h2-4,11-13,16-17,25H,5-10H2,1H3,(H2,21,22,23,26,27)/t12-,17?/m0/s1. The number of aromatic amines is 1. The minimum atomic E-state index is -0.553. The highest BCUT2D eigenvalue weighted by Crippen LogP contribution is 2.41. The second-order valence-corrected chi connectivity index (χ2v) is 7.71. The number of aliphatic hydroxyl groups is 1. The van der Waals surface area contributed by atoms with Crippen molar-refractivity contribution in [3.63, 3.8) is 0 Å². The molecule has 8 nitrogen and oxygen atoms in total. The van der Waals surface area contributed by atoms with E-state index in [1.807, 2.05) is 31.2 Å². The number of nitrogens with zero attached hydrogens (tertiary/aromatic N) is 2. The molecule has 0 spiro atoms. The van der Waals surface area contributed by atoms with E-state index in [1.54, 1.807) is 0 Å². The number of aliphatic hydroxyl groups excluding tert-OH is 1. The Morgan fingerprint density at radius 3 is 2.61 bits per heavy atom. The third-order valence-electron chi connectivity index (χ3n) is 5.59. The molecule has 0 radical (unpaired) electrons. The van der Waals surface area contributed by atoms with Crippen molar-refractivity contribution in [3.05, 3.63) is 56.4 Å². The van der Waals surface area contributed by atoms with Crippen LogP contribution >= 0.6 is 0 Å². The number of nitrogens with one attached hydrogen (secondary N) is 2. The molecule has 1 aliphatic heterocycles. The van der Waals surface area contributed by atoms with Gasteiger partial charge in [0.2, 0.25) is 5.95 Å². The molecule has 4 rings (SSSR count). The van der Waals surface area contributed by atoms with E-state index in [2.05, 4.69) is 15.3 Å². The van der Waals surface area contributed by atoms with Crippen LogP contribution in [0.2, 0.25) is 0 Å². The Bertz CT molecular complexity index is 912. The van der Waals surface area contributed by atoms with Crippen molar-refractivity contribution in [1.82, 2.24) is 14.5 Å². The average Bonchev–Trinajstić information content (AvgIpc) is 3.53. The highest BCUT2D eigenvalue weighted by atomic mass is 16.5. The van der Waals surface area contributed by atoms with E-state index in [1.165, 1.54) is 4.57 Å². The monoisotopic (exact) mass is 386 g/mol. The Labute approximate surface area is 162 Å². The van der Waals surface area contributed by atoms with Crippen molar-refractivity contribution in [2.75, 3.05) is 18.5 Å². The van der Waals surface area contributed by atoms with Gasteiger partial charge in [-0.05, 0) is 49.7 Å². The molecule has 1 aromatic carbocycles. The van der Waals surface area contributed by atoms with Crippen LogP contribution in [0.3, 0.4) is 0 Å². The molecule has 1 saturated carbocycles. The summed E-state index contributed by atoms with van der Waals surface area (Å²) in [6, 6.07) is 7.38. The fourth-order valence-corrected chi connectivity index (χ4v) is 3.74. The molecule has 2 aromatic rings. The topological polar surface area (TPSA) is 109 Å². The smallest absolute Gasteiger partial charge is 0.355 e. The van der Waals surface area contributed by atoms with E-state index < -0.39 is 17.5 Å². The predicted molar refractivity (Wildman–Crippen MR) is 104 cm³/mol. The van der Waals surface area contributed by atoms with Gasteiger partial charge in [0, 0.05) is 19.3 Å². The molecule has 2 fully saturated rings. The Morgan fingerprint density at radius 1 is 1.21 bits per heavy atom. The van der Waals surface area contributed by atoms with Crippen LogP contribution in [0.4, 0.5) is 5.95 Å². The molecule has 1 aromatic heterocycles. The van der Waals surface area contributed by atoms with Crippen molar-refractivity contribution in [3.8, 4) is 0 Å². The third-order valence-corrected chi connectivity index (χ3v) is 5.59. The van der Waals surface area contributed by atoms with Gasteiger partial charge < -0.3 is 15.2 Å². The Hall–Kier alpha value is -2.45. The van der Waals surface area contributed by atoms with Gasteiger partial charge in [0.25, 0.3) is 0 Å². The SMILES string of the molecule is C[C@H](Nc1nc(=O)n(C2CCOCC2)c(=O)[nH]1)c1cccc(C(O)C2CC2)c1. The molecule has 0 amide bonds. The van der Waals surface area contributed by atoms with E-state index in [4.69, 9.17) is 4.74 Å². The van der Waals surface area contributed by atoms with Crippen LogP contribution in [0.15, 0.2) is 33.9 Å². The molecule has 8 heteroatoms. The molecular formula is C20H26N4O4. The number of hydrogen-bond donors (Lipinski definition) is 3. The first-order chi connectivity index (χ1) is 13.5. The van der Waals surface area contributed by atoms with Crippen LogP contribution < -0.4 is 16.7 Å². The molecule has 1 saturated heterocycles. The van der Waals surface area contributed by atoms with Crippen LogP contribution in [-0.2, 0) is 4.74 Å². The molecule has 3 N–H and O–H groups in total. The van der Waals surface area contributed by atoms with Gasteiger partial charge in [-0.25, -0.2) is 14.2 Å². The minimum Gasteiger partial charge on any atom is -0.388 e. The lowest BCUT2D eigenvalue weighted by Gasteiger charge is -2.23. The van der Waals surface area contributed by atoms with Crippen molar-refractivity contribution in [2.45, 2.75) is 50.8 Å². The van der Waals surface area contributed by atoms with Gasteiger partial charge in [-0.1, -0.05) is 24.3 Å². The first kappa shape index (κ1) is 18.9. The second-order valence-electron chi connectivity index (χ2n) is 7.71. The number of H-pyrrole nitrogens is 1. The molecule has 2 atom stereocenters. The Morgan fingerprint density at radius 2 is 1.93 bits per heavy atom. The zero-order valence-corrected chi connectivity index (χ0v) is 15.9. The zero-order chi connectivity index (χ0) is 19.7. The minimum absolute atomic E-state index is 0.152. The van der Waals surface area contributed by atoms with Gasteiger partial charge in [-0.15, -0.1) is 0 Å². The summed E-state index contributed by atoms with van der Waals surface area (Å²) in [6.45, 7) is 3.00. The van der Waals surface area contributed by atoms with Crippen molar-refractivity contribution < 1.29 is 9.84 Å². The lowest BCUT2D eigenvalue weighted by molar-refractivity contribution is 0.0670. The van der Waals surface area contributed by atoms with Crippen molar-refractivity contribution in [2.24, 2.45) is 5.92 Å². The second kappa shape index (κ2) is 7.89. The summed E-state index contributed by atoms with van der Waals surface area (Å²) in [7, 11) is 0. The molecule has 2 aliphatic rings. The summed E-state index contributed by atoms with van der Waals surface area (Å²) in [5, 5.41) is 13.4. The molecule has 0 bridgehead atoms. The quantitative estimate of drug-likeness (QED) is 0.700. The summed E-state index contributed by atoms with van der Waals surface area (Å²) in [6.07, 6.45) is 2.95. The van der Waals surface area contributed by atoms with Crippen LogP contribution in [0.25, 0.3) is 0 Å². The highest BCUT2D eigenvalue weighted by Gasteiger charge is 2.31. The largest absolute Gasteiger partial charge is 0.388 e. The highest BCUT2D eigenvalue weighted by molar-refractivity contribution is 5.34. The van der Waals surface area contributed by atoms with Crippen LogP contribution in [0.1, 0.15) is 61.9 Å². The maximum Gasteiger partial charge on any atom is 0.355 e. The van der Waals surface area contributed by atoms with Gasteiger partial charge >= 0.3 is 11.4 Å². The molecular weight excluding hydrogens is 360 g/mol. The van der Waals surface area contributed by atoms with Gasteiger partial charge in [0.1, 0.15) is 0 Å².